The molecule has 1 heterocycles. The minimum absolute atomic E-state index is 0.195. The fourth-order valence-corrected chi connectivity index (χ4v) is 2.33. The Morgan fingerprint density at radius 3 is 2.62 bits per heavy atom. The number of hydrogen-bond acceptors (Lipinski definition) is 1. The Morgan fingerprint density at radius 1 is 1.31 bits per heavy atom. The lowest BCUT2D eigenvalue weighted by atomic mass is 9.88. The lowest BCUT2D eigenvalue weighted by Crippen LogP contribution is -2.41. The van der Waals surface area contributed by atoms with E-state index in [-0.39, 0.29) is 11.6 Å². The van der Waals surface area contributed by atoms with Crippen LogP contribution in [0.4, 0.5) is 8.78 Å². The number of halogens is 2. The molecule has 1 fully saturated rings. The molecule has 16 heavy (non-hydrogen) atoms. The first-order valence-corrected chi connectivity index (χ1v) is 5.84. The van der Waals surface area contributed by atoms with Gasteiger partial charge in [0.25, 0.3) is 0 Å². The summed E-state index contributed by atoms with van der Waals surface area (Å²) in [6.45, 7) is 3.08. The topological polar surface area (TPSA) is 12.0 Å². The van der Waals surface area contributed by atoms with E-state index in [4.69, 9.17) is 0 Å². The Bertz CT molecular complexity index is 345. The molecule has 1 aromatic rings. The van der Waals surface area contributed by atoms with E-state index >= 15 is 0 Å². The Balaban J connectivity index is 2.13. The van der Waals surface area contributed by atoms with Gasteiger partial charge in [0, 0.05) is 11.6 Å². The third-order valence-electron chi connectivity index (χ3n) is 3.42. The van der Waals surface area contributed by atoms with Crippen molar-refractivity contribution in [2.24, 2.45) is 5.92 Å². The molecule has 0 aromatic heterocycles. The van der Waals surface area contributed by atoms with Gasteiger partial charge in [0.2, 0.25) is 0 Å². The summed E-state index contributed by atoms with van der Waals surface area (Å²) in [6, 6.07) is 4.25. The molecule has 0 spiro atoms. The average molecular weight is 225 g/mol. The fourth-order valence-electron chi connectivity index (χ4n) is 2.33. The van der Waals surface area contributed by atoms with Crippen molar-refractivity contribution in [2.75, 3.05) is 6.54 Å². The second-order valence-electron chi connectivity index (χ2n) is 4.58. The van der Waals surface area contributed by atoms with E-state index in [0.29, 0.717) is 12.3 Å². The maximum atomic E-state index is 13.5. The highest BCUT2D eigenvalue weighted by Gasteiger charge is 2.23. The van der Waals surface area contributed by atoms with Crippen molar-refractivity contribution in [3.8, 4) is 0 Å². The average Bonchev–Trinajstić information content (AvgIpc) is 2.26. The second-order valence-corrected chi connectivity index (χ2v) is 4.58. The maximum Gasteiger partial charge on any atom is 0.129 e. The minimum Gasteiger partial charge on any atom is -0.313 e. The molecule has 0 bridgehead atoms. The van der Waals surface area contributed by atoms with Crippen LogP contribution in [0.1, 0.15) is 25.3 Å². The molecule has 1 aliphatic rings. The van der Waals surface area contributed by atoms with Crippen molar-refractivity contribution >= 4 is 0 Å². The molecule has 2 unspecified atom stereocenters. The van der Waals surface area contributed by atoms with Crippen LogP contribution in [0.25, 0.3) is 0 Å². The van der Waals surface area contributed by atoms with Gasteiger partial charge in [-0.2, -0.15) is 0 Å². The van der Waals surface area contributed by atoms with Crippen molar-refractivity contribution < 1.29 is 8.78 Å². The van der Waals surface area contributed by atoms with E-state index in [1.807, 2.05) is 0 Å². The van der Waals surface area contributed by atoms with Crippen molar-refractivity contribution in [2.45, 2.75) is 32.2 Å². The molecule has 2 atom stereocenters. The Morgan fingerprint density at radius 2 is 2.00 bits per heavy atom. The van der Waals surface area contributed by atoms with Crippen LogP contribution in [0.15, 0.2) is 18.2 Å². The van der Waals surface area contributed by atoms with Crippen molar-refractivity contribution in [3.05, 3.63) is 35.4 Å². The first-order chi connectivity index (χ1) is 7.68. The summed E-state index contributed by atoms with van der Waals surface area (Å²) in [5.74, 6) is -0.382. The van der Waals surface area contributed by atoms with Crippen LogP contribution in [-0.4, -0.2) is 12.6 Å². The van der Waals surface area contributed by atoms with Gasteiger partial charge < -0.3 is 5.32 Å². The summed E-state index contributed by atoms with van der Waals surface area (Å²) in [6.07, 6.45) is 2.73. The van der Waals surface area contributed by atoms with E-state index in [0.717, 1.165) is 19.4 Å². The van der Waals surface area contributed by atoms with Crippen molar-refractivity contribution in [1.82, 2.24) is 5.32 Å². The standard InChI is InChI=1S/C13H17F2N/c1-9-4-3-7-16-13(9)8-10-11(14)5-2-6-12(10)15/h2,5-6,9,13,16H,3-4,7-8H2,1H3. The van der Waals surface area contributed by atoms with Gasteiger partial charge in [-0.05, 0) is 43.9 Å². The van der Waals surface area contributed by atoms with Gasteiger partial charge in [-0.3, -0.25) is 0 Å². The van der Waals surface area contributed by atoms with Crippen LogP contribution < -0.4 is 5.32 Å². The van der Waals surface area contributed by atoms with E-state index in [9.17, 15) is 8.78 Å². The first kappa shape index (κ1) is 11.5. The zero-order chi connectivity index (χ0) is 11.5. The Kier molecular flexibility index (Phi) is 3.54. The molecule has 0 aliphatic carbocycles. The quantitative estimate of drug-likeness (QED) is 0.816. The highest BCUT2D eigenvalue weighted by atomic mass is 19.1. The summed E-state index contributed by atoms with van der Waals surface area (Å²) in [5, 5.41) is 3.34. The van der Waals surface area contributed by atoms with E-state index < -0.39 is 11.6 Å². The van der Waals surface area contributed by atoms with Gasteiger partial charge in [-0.1, -0.05) is 13.0 Å². The SMILES string of the molecule is CC1CCCNC1Cc1c(F)cccc1F. The molecule has 0 saturated carbocycles. The molecule has 1 aliphatic heterocycles. The molecular weight excluding hydrogens is 208 g/mol. The van der Waals surface area contributed by atoms with Crippen LogP contribution in [0.3, 0.4) is 0 Å². The number of benzene rings is 1. The molecule has 2 rings (SSSR count). The zero-order valence-corrected chi connectivity index (χ0v) is 9.47. The van der Waals surface area contributed by atoms with Gasteiger partial charge in [-0.25, -0.2) is 8.78 Å². The molecule has 0 radical (unpaired) electrons. The Labute approximate surface area is 94.9 Å². The largest absolute Gasteiger partial charge is 0.313 e. The van der Waals surface area contributed by atoms with Crippen molar-refractivity contribution in [3.63, 3.8) is 0 Å². The lowest BCUT2D eigenvalue weighted by Gasteiger charge is -2.30. The monoisotopic (exact) mass is 225 g/mol. The van der Waals surface area contributed by atoms with Crippen molar-refractivity contribution in [1.29, 1.82) is 0 Å². The highest BCUT2D eigenvalue weighted by molar-refractivity contribution is 5.21. The molecule has 1 saturated heterocycles. The van der Waals surface area contributed by atoms with Gasteiger partial charge in [0.05, 0.1) is 0 Å². The van der Waals surface area contributed by atoms with Crippen LogP contribution in [0, 0.1) is 17.6 Å². The first-order valence-electron chi connectivity index (χ1n) is 5.84. The molecule has 1 nitrogen and oxygen atoms in total. The fraction of sp³-hybridized carbons (Fsp3) is 0.538. The summed E-state index contributed by atoms with van der Waals surface area (Å²) in [5.41, 5.74) is 0.216. The smallest absolute Gasteiger partial charge is 0.129 e. The predicted molar refractivity (Wildman–Crippen MR) is 60.3 cm³/mol. The van der Waals surface area contributed by atoms with Gasteiger partial charge in [-0.15, -0.1) is 0 Å². The zero-order valence-electron chi connectivity index (χ0n) is 9.47. The van der Waals surface area contributed by atoms with Crippen LogP contribution in [-0.2, 0) is 6.42 Å². The molecule has 3 heteroatoms. The van der Waals surface area contributed by atoms with Crippen LogP contribution in [0.5, 0.6) is 0 Å². The normalized spacial score (nSPS) is 25.7. The second kappa shape index (κ2) is 4.91. The number of nitrogens with one attached hydrogen (secondary N) is 1. The molecule has 88 valence electrons. The lowest BCUT2D eigenvalue weighted by molar-refractivity contribution is 0.294. The third kappa shape index (κ3) is 2.40. The summed E-state index contributed by atoms with van der Waals surface area (Å²) < 4.78 is 26.9. The Hall–Kier alpha value is -0.960. The van der Waals surface area contributed by atoms with Crippen LogP contribution in [0.2, 0.25) is 0 Å². The van der Waals surface area contributed by atoms with E-state index in [2.05, 4.69) is 12.2 Å². The summed E-state index contributed by atoms with van der Waals surface area (Å²) >= 11 is 0. The summed E-state index contributed by atoms with van der Waals surface area (Å²) in [7, 11) is 0. The third-order valence-corrected chi connectivity index (χ3v) is 3.42. The molecule has 1 N–H and O–H groups in total. The number of hydrogen-bond donors (Lipinski definition) is 1. The molecule has 1 aromatic carbocycles. The molecule has 0 amide bonds. The van der Waals surface area contributed by atoms with E-state index in [1.54, 1.807) is 0 Å². The predicted octanol–water partition coefficient (Wildman–Crippen LogP) is 2.90. The maximum absolute atomic E-state index is 13.5. The number of rotatable bonds is 2. The highest BCUT2D eigenvalue weighted by Crippen LogP contribution is 2.22. The van der Waals surface area contributed by atoms with Gasteiger partial charge >= 0.3 is 0 Å². The van der Waals surface area contributed by atoms with Gasteiger partial charge in [0.15, 0.2) is 0 Å². The molecular formula is C13H17F2N. The van der Waals surface area contributed by atoms with Gasteiger partial charge in [0.1, 0.15) is 11.6 Å². The minimum atomic E-state index is -0.431. The van der Waals surface area contributed by atoms with Crippen LogP contribution >= 0.6 is 0 Å². The number of piperidine rings is 1. The summed E-state index contributed by atoms with van der Waals surface area (Å²) in [4.78, 5) is 0. The van der Waals surface area contributed by atoms with E-state index in [1.165, 1.54) is 18.2 Å².